The van der Waals surface area contributed by atoms with Crippen LogP contribution in [0.3, 0.4) is 0 Å². The maximum atomic E-state index is 6.13. The highest BCUT2D eigenvalue weighted by molar-refractivity contribution is 5.49. The van der Waals surface area contributed by atoms with Crippen LogP contribution in [0.4, 0.5) is 0 Å². The molecule has 1 aromatic carbocycles. The summed E-state index contributed by atoms with van der Waals surface area (Å²) in [6, 6.07) is 12.5. The number of benzene rings is 1. The van der Waals surface area contributed by atoms with E-state index < -0.39 is 0 Å². The summed E-state index contributed by atoms with van der Waals surface area (Å²) in [6.07, 6.45) is 0.155. The lowest BCUT2D eigenvalue weighted by Crippen LogP contribution is -2.28. The zero-order valence-electron chi connectivity index (χ0n) is 13.1. The summed E-state index contributed by atoms with van der Waals surface area (Å²) in [7, 11) is 4.12. The second kappa shape index (κ2) is 6.14. The van der Waals surface area contributed by atoms with Crippen molar-refractivity contribution in [3.8, 4) is 11.4 Å². The van der Waals surface area contributed by atoms with E-state index in [0.29, 0.717) is 0 Å². The molecule has 1 aromatic heterocycles. The SMILES string of the molecule is Cc1ccc(C)n1-c1ccccc1O[C@H](C)CN(C)C. The molecule has 0 aliphatic rings. The van der Waals surface area contributed by atoms with Crippen LogP contribution in [-0.4, -0.2) is 36.2 Å². The van der Waals surface area contributed by atoms with E-state index in [9.17, 15) is 0 Å². The van der Waals surface area contributed by atoms with Gasteiger partial charge in [-0.2, -0.15) is 0 Å². The number of para-hydroxylation sites is 2. The minimum atomic E-state index is 0.155. The van der Waals surface area contributed by atoms with Gasteiger partial charge in [0.2, 0.25) is 0 Å². The Morgan fingerprint density at radius 3 is 2.25 bits per heavy atom. The number of hydrogen-bond acceptors (Lipinski definition) is 2. The Hall–Kier alpha value is -1.74. The maximum Gasteiger partial charge on any atom is 0.143 e. The van der Waals surface area contributed by atoms with Gasteiger partial charge in [0.1, 0.15) is 11.9 Å². The first-order valence-electron chi connectivity index (χ1n) is 7.04. The van der Waals surface area contributed by atoms with E-state index in [2.05, 4.69) is 68.6 Å². The first kappa shape index (κ1) is 14.7. The van der Waals surface area contributed by atoms with Crippen LogP contribution in [0, 0.1) is 13.8 Å². The summed E-state index contributed by atoms with van der Waals surface area (Å²) in [5, 5.41) is 0. The summed E-state index contributed by atoms with van der Waals surface area (Å²) in [5.74, 6) is 0.934. The van der Waals surface area contributed by atoms with Gasteiger partial charge in [0, 0.05) is 17.9 Å². The lowest BCUT2D eigenvalue weighted by atomic mass is 10.2. The monoisotopic (exact) mass is 272 g/mol. The normalized spacial score (nSPS) is 12.7. The van der Waals surface area contributed by atoms with Crippen LogP contribution >= 0.6 is 0 Å². The second-order valence-corrected chi connectivity index (χ2v) is 5.61. The van der Waals surface area contributed by atoms with E-state index in [1.54, 1.807) is 0 Å². The number of hydrogen-bond donors (Lipinski definition) is 0. The molecule has 0 saturated carbocycles. The van der Waals surface area contributed by atoms with Crippen LogP contribution in [-0.2, 0) is 0 Å². The molecule has 0 aliphatic heterocycles. The summed E-state index contributed by atoms with van der Waals surface area (Å²) in [4.78, 5) is 2.14. The number of nitrogens with zero attached hydrogens (tertiary/aromatic N) is 2. The number of aryl methyl sites for hydroxylation is 2. The maximum absolute atomic E-state index is 6.13. The van der Waals surface area contributed by atoms with Crippen molar-refractivity contribution >= 4 is 0 Å². The first-order valence-corrected chi connectivity index (χ1v) is 7.04. The summed E-state index contributed by atoms with van der Waals surface area (Å²) in [6.45, 7) is 7.24. The van der Waals surface area contributed by atoms with Crippen LogP contribution in [0.1, 0.15) is 18.3 Å². The molecule has 108 valence electrons. The summed E-state index contributed by atoms with van der Waals surface area (Å²) >= 11 is 0. The van der Waals surface area contributed by atoms with E-state index in [4.69, 9.17) is 4.74 Å². The molecule has 0 fully saturated rings. The fourth-order valence-electron chi connectivity index (χ4n) is 2.56. The van der Waals surface area contributed by atoms with Crippen molar-refractivity contribution in [2.24, 2.45) is 0 Å². The molecule has 2 aromatic rings. The molecule has 1 atom stereocenters. The molecule has 3 nitrogen and oxygen atoms in total. The van der Waals surface area contributed by atoms with E-state index in [1.807, 2.05) is 12.1 Å². The van der Waals surface area contributed by atoms with Crippen molar-refractivity contribution in [1.29, 1.82) is 0 Å². The van der Waals surface area contributed by atoms with Gasteiger partial charge >= 0.3 is 0 Å². The fraction of sp³-hybridized carbons (Fsp3) is 0.412. The molecule has 0 unspecified atom stereocenters. The van der Waals surface area contributed by atoms with Gasteiger partial charge < -0.3 is 14.2 Å². The molecular weight excluding hydrogens is 248 g/mol. The van der Waals surface area contributed by atoms with Crippen molar-refractivity contribution in [3.05, 3.63) is 47.8 Å². The second-order valence-electron chi connectivity index (χ2n) is 5.61. The largest absolute Gasteiger partial charge is 0.487 e. The predicted octanol–water partition coefficient (Wildman–Crippen LogP) is 3.42. The van der Waals surface area contributed by atoms with Crippen molar-refractivity contribution < 1.29 is 4.74 Å². The van der Waals surface area contributed by atoms with Crippen LogP contribution in [0.25, 0.3) is 5.69 Å². The van der Waals surface area contributed by atoms with E-state index in [1.165, 1.54) is 11.4 Å². The predicted molar refractivity (Wildman–Crippen MR) is 83.9 cm³/mol. The van der Waals surface area contributed by atoms with Gasteiger partial charge in [-0.1, -0.05) is 12.1 Å². The van der Waals surface area contributed by atoms with Gasteiger partial charge in [-0.25, -0.2) is 0 Å². The summed E-state index contributed by atoms with van der Waals surface area (Å²) in [5.41, 5.74) is 3.55. The zero-order chi connectivity index (χ0) is 14.7. The molecule has 0 radical (unpaired) electrons. The number of rotatable bonds is 5. The Morgan fingerprint density at radius 2 is 1.65 bits per heavy atom. The van der Waals surface area contributed by atoms with Crippen LogP contribution in [0.15, 0.2) is 36.4 Å². The highest BCUT2D eigenvalue weighted by Gasteiger charge is 2.12. The molecule has 0 spiro atoms. The summed E-state index contributed by atoms with van der Waals surface area (Å²) < 4.78 is 8.36. The molecule has 3 heteroatoms. The van der Waals surface area contributed by atoms with Gasteiger partial charge in [0.15, 0.2) is 0 Å². The lowest BCUT2D eigenvalue weighted by molar-refractivity contribution is 0.176. The zero-order valence-corrected chi connectivity index (χ0v) is 13.1. The van der Waals surface area contributed by atoms with Crippen molar-refractivity contribution in [3.63, 3.8) is 0 Å². The van der Waals surface area contributed by atoms with Gasteiger partial charge in [-0.3, -0.25) is 0 Å². The highest BCUT2D eigenvalue weighted by Crippen LogP contribution is 2.27. The van der Waals surface area contributed by atoms with E-state index in [0.717, 1.165) is 18.0 Å². The molecule has 0 N–H and O–H groups in total. The number of likely N-dealkylation sites (N-methyl/N-ethyl adjacent to an activating group) is 1. The molecule has 2 rings (SSSR count). The van der Waals surface area contributed by atoms with Gasteiger partial charge in [-0.05, 0) is 59.1 Å². The number of ether oxygens (including phenoxy) is 1. The average Bonchev–Trinajstić information content (AvgIpc) is 2.69. The molecule has 1 heterocycles. The van der Waals surface area contributed by atoms with Crippen molar-refractivity contribution in [1.82, 2.24) is 9.47 Å². The molecule has 0 aliphatic carbocycles. The van der Waals surface area contributed by atoms with E-state index >= 15 is 0 Å². The third kappa shape index (κ3) is 3.23. The molecule has 0 amide bonds. The Bertz CT molecular complexity index is 553. The Morgan fingerprint density at radius 1 is 1.05 bits per heavy atom. The molecule has 0 bridgehead atoms. The Balaban J connectivity index is 2.32. The van der Waals surface area contributed by atoms with Crippen LogP contribution in [0.2, 0.25) is 0 Å². The quantitative estimate of drug-likeness (QED) is 0.829. The van der Waals surface area contributed by atoms with Gasteiger partial charge in [0.25, 0.3) is 0 Å². The average molecular weight is 272 g/mol. The topological polar surface area (TPSA) is 17.4 Å². The lowest BCUT2D eigenvalue weighted by Gasteiger charge is -2.21. The minimum absolute atomic E-state index is 0.155. The third-order valence-corrected chi connectivity index (χ3v) is 3.33. The standard InChI is InChI=1S/C17H24N2O/c1-13-10-11-14(2)19(13)16-8-6-7-9-17(16)20-15(3)12-18(4)5/h6-11,15H,12H2,1-5H3/t15-/m1/s1. The fourth-order valence-corrected chi connectivity index (χ4v) is 2.56. The first-order chi connectivity index (χ1) is 9.49. The van der Waals surface area contributed by atoms with E-state index in [-0.39, 0.29) is 6.10 Å². The Kier molecular flexibility index (Phi) is 4.50. The van der Waals surface area contributed by atoms with Crippen LogP contribution in [0.5, 0.6) is 5.75 Å². The van der Waals surface area contributed by atoms with Gasteiger partial charge in [-0.15, -0.1) is 0 Å². The van der Waals surface area contributed by atoms with Crippen LogP contribution < -0.4 is 4.74 Å². The van der Waals surface area contributed by atoms with Crippen molar-refractivity contribution in [2.45, 2.75) is 26.9 Å². The van der Waals surface area contributed by atoms with Crippen molar-refractivity contribution in [2.75, 3.05) is 20.6 Å². The third-order valence-electron chi connectivity index (χ3n) is 3.33. The highest BCUT2D eigenvalue weighted by atomic mass is 16.5. The Labute approximate surface area is 121 Å². The smallest absolute Gasteiger partial charge is 0.143 e. The van der Waals surface area contributed by atoms with Gasteiger partial charge in [0.05, 0.1) is 5.69 Å². The molecule has 20 heavy (non-hydrogen) atoms. The molecule has 0 saturated heterocycles. The number of aromatic nitrogens is 1. The molecular formula is C17H24N2O. The minimum Gasteiger partial charge on any atom is -0.487 e.